The SMILES string of the molecule is Cc1c(CNC(=O)c2ccc3c(c2)CNC3)cnn1C.Cl. The first kappa shape index (κ1) is 15.5. The molecule has 21 heavy (non-hydrogen) atoms. The monoisotopic (exact) mass is 306 g/mol. The van der Waals surface area contributed by atoms with E-state index < -0.39 is 0 Å². The number of benzene rings is 1. The average Bonchev–Trinajstić information content (AvgIpc) is 3.04. The lowest BCUT2D eigenvalue weighted by Crippen LogP contribution is -2.23. The normalized spacial score (nSPS) is 12.7. The number of halogens is 1. The molecule has 0 unspecified atom stereocenters. The van der Waals surface area contributed by atoms with E-state index in [1.54, 1.807) is 6.20 Å². The van der Waals surface area contributed by atoms with Gasteiger partial charge in [0.1, 0.15) is 0 Å². The lowest BCUT2D eigenvalue weighted by Gasteiger charge is -2.06. The van der Waals surface area contributed by atoms with E-state index in [0.717, 1.165) is 24.3 Å². The van der Waals surface area contributed by atoms with Gasteiger partial charge in [-0.15, -0.1) is 12.4 Å². The molecule has 112 valence electrons. The Balaban J connectivity index is 0.00000161. The summed E-state index contributed by atoms with van der Waals surface area (Å²) in [5.74, 6) is -0.0389. The Labute approximate surface area is 130 Å². The molecule has 2 N–H and O–H groups in total. The molecule has 0 bridgehead atoms. The predicted octanol–water partition coefficient (Wildman–Crippen LogP) is 1.68. The molecule has 3 rings (SSSR count). The van der Waals surface area contributed by atoms with Crippen molar-refractivity contribution < 1.29 is 4.79 Å². The van der Waals surface area contributed by atoms with Crippen LogP contribution in [0.15, 0.2) is 24.4 Å². The van der Waals surface area contributed by atoms with Crippen LogP contribution in [0.3, 0.4) is 0 Å². The van der Waals surface area contributed by atoms with E-state index in [2.05, 4.69) is 15.7 Å². The fourth-order valence-electron chi connectivity index (χ4n) is 2.43. The van der Waals surface area contributed by atoms with Gasteiger partial charge < -0.3 is 10.6 Å². The Bertz CT molecular complexity index is 666. The molecule has 0 radical (unpaired) electrons. The summed E-state index contributed by atoms with van der Waals surface area (Å²) in [5, 5.41) is 10.4. The van der Waals surface area contributed by atoms with E-state index >= 15 is 0 Å². The maximum absolute atomic E-state index is 12.2. The highest BCUT2D eigenvalue weighted by Crippen LogP contribution is 2.17. The van der Waals surface area contributed by atoms with Crippen LogP contribution in [0.2, 0.25) is 0 Å². The standard InChI is InChI=1S/C15H18N4O.ClH/c1-10-14(9-18-19(10)2)8-17-15(20)11-3-4-12-6-16-7-13(12)5-11;/h3-5,9,16H,6-8H2,1-2H3,(H,17,20);1H. The first-order chi connectivity index (χ1) is 9.65. The van der Waals surface area contributed by atoms with Crippen LogP contribution in [0.1, 0.15) is 32.7 Å². The number of nitrogens with zero attached hydrogens (tertiary/aromatic N) is 2. The molecular weight excluding hydrogens is 288 g/mol. The van der Waals surface area contributed by atoms with Crippen molar-refractivity contribution in [3.05, 3.63) is 52.3 Å². The van der Waals surface area contributed by atoms with Crippen LogP contribution in [0.5, 0.6) is 0 Å². The van der Waals surface area contributed by atoms with Gasteiger partial charge in [0.15, 0.2) is 0 Å². The number of rotatable bonds is 3. The summed E-state index contributed by atoms with van der Waals surface area (Å²) < 4.78 is 1.81. The summed E-state index contributed by atoms with van der Waals surface area (Å²) in [6.45, 7) is 4.24. The Morgan fingerprint density at radius 2 is 2.14 bits per heavy atom. The van der Waals surface area contributed by atoms with Gasteiger partial charge in [-0.3, -0.25) is 9.48 Å². The van der Waals surface area contributed by atoms with Crippen molar-refractivity contribution in [3.8, 4) is 0 Å². The number of carbonyl (C=O) groups is 1. The van der Waals surface area contributed by atoms with Crippen LogP contribution in [-0.2, 0) is 26.7 Å². The van der Waals surface area contributed by atoms with E-state index in [9.17, 15) is 4.79 Å². The molecule has 1 aliphatic heterocycles. The number of carbonyl (C=O) groups excluding carboxylic acids is 1. The summed E-state index contributed by atoms with van der Waals surface area (Å²) in [7, 11) is 1.90. The third-order valence-corrected chi connectivity index (χ3v) is 3.88. The van der Waals surface area contributed by atoms with Crippen LogP contribution in [-0.4, -0.2) is 15.7 Å². The zero-order valence-corrected chi connectivity index (χ0v) is 13.0. The Hall–Kier alpha value is -1.85. The van der Waals surface area contributed by atoms with Gasteiger partial charge >= 0.3 is 0 Å². The number of hydrogen-bond acceptors (Lipinski definition) is 3. The topological polar surface area (TPSA) is 59.0 Å². The quantitative estimate of drug-likeness (QED) is 0.907. The molecule has 0 atom stereocenters. The molecule has 1 aromatic carbocycles. The Kier molecular flexibility index (Phi) is 4.65. The highest BCUT2D eigenvalue weighted by atomic mass is 35.5. The number of fused-ring (bicyclic) bond motifs is 1. The molecule has 1 aliphatic rings. The minimum Gasteiger partial charge on any atom is -0.348 e. The maximum Gasteiger partial charge on any atom is 0.251 e. The highest BCUT2D eigenvalue weighted by Gasteiger charge is 2.13. The second kappa shape index (κ2) is 6.28. The van der Waals surface area contributed by atoms with Crippen molar-refractivity contribution >= 4 is 18.3 Å². The Morgan fingerprint density at radius 1 is 1.38 bits per heavy atom. The van der Waals surface area contributed by atoms with Gasteiger partial charge in [0.05, 0.1) is 6.20 Å². The Morgan fingerprint density at radius 3 is 2.86 bits per heavy atom. The average molecular weight is 307 g/mol. The first-order valence-electron chi connectivity index (χ1n) is 6.73. The molecule has 0 aliphatic carbocycles. The van der Waals surface area contributed by atoms with E-state index in [4.69, 9.17) is 0 Å². The number of amides is 1. The number of aryl methyl sites for hydroxylation is 1. The van der Waals surface area contributed by atoms with Gasteiger partial charge in [0.25, 0.3) is 5.91 Å². The van der Waals surface area contributed by atoms with Gasteiger partial charge in [-0.05, 0) is 30.2 Å². The van der Waals surface area contributed by atoms with Gasteiger partial charge in [0.2, 0.25) is 0 Å². The van der Waals surface area contributed by atoms with Crippen molar-refractivity contribution in [3.63, 3.8) is 0 Å². The molecule has 2 heterocycles. The van der Waals surface area contributed by atoms with E-state index in [0.29, 0.717) is 12.1 Å². The highest BCUT2D eigenvalue weighted by molar-refractivity contribution is 5.94. The third-order valence-electron chi connectivity index (χ3n) is 3.88. The number of hydrogen-bond donors (Lipinski definition) is 2. The molecule has 1 aromatic heterocycles. The second-order valence-corrected chi connectivity index (χ2v) is 5.15. The molecule has 5 nitrogen and oxygen atoms in total. The fraction of sp³-hybridized carbons (Fsp3) is 0.333. The lowest BCUT2D eigenvalue weighted by atomic mass is 10.1. The zero-order valence-electron chi connectivity index (χ0n) is 12.1. The smallest absolute Gasteiger partial charge is 0.251 e. The molecule has 2 aromatic rings. The van der Waals surface area contributed by atoms with Crippen molar-refractivity contribution in [1.82, 2.24) is 20.4 Å². The van der Waals surface area contributed by atoms with Gasteiger partial charge in [-0.25, -0.2) is 0 Å². The minimum atomic E-state index is -0.0389. The fourth-order valence-corrected chi connectivity index (χ4v) is 2.43. The second-order valence-electron chi connectivity index (χ2n) is 5.15. The molecule has 0 spiro atoms. The lowest BCUT2D eigenvalue weighted by molar-refractivity contribution is 0.0951. The summed E-state index contributed by atoms with van der Waals surface area (Å²) in [5.41, 5.74) is 5.33. The van der Waals surface area contributed by atoms with Crippen LogP contribution in [0, 0.1) is 6.92 Å². The van der Waals surface area contributed by atoms with Crippen LogP contribution < -0.4 is 10.6 Å². The molecule has 0 fully saturated rings. The van der Waals surface area contributed by atoms with Gasteiger partial charge in [-0.2, -0.15) is 5.10 Å². The van der Waals surface area contributed by atoms with Crippen molar-refractivity contribution in [2.24, 2.45) is 7.05 Å². The number of nitrogens with one attached hydrogen (secondary N) is 2. The van der Waals surface area contributed by atoms with Crippen molar-refractivity contribution in [2.45, 2.75) is 26.6 Å². The van der Waals surface area contributed by atoms with E-state index in [1.807, 2.05) is 36.9 Å². The molecular formula is C15H19ClN4O. The first-order valence-corrected chi connectivity index (χ1v) is 6.73. The largest absolute Gasteiger partial charge is 0.348 e. The minimum absolute atomic E-state index is 0. The van der Waals surface area contributed by atoms with E-state index in [-0.39, 0.29) is 18.3 Å². The number of aromatic nitrogens is 2. The molecule has 0 saturated heterocycles. The van der Waals surface area contributed by atoms with Crippen molar-refractivity contribution in [1.29, 1.82) is 0 Å². The molecule has 1 amide bonds. The zero-order chi connectivity index (χ0) is 14.1. The van der Waals surface area contributed by atoms with Crippen molar-refractivity contribution in [2.75, 3.05) is 0 Å². The van der Waals surface area contributed by atoms with Crippen LogP contribution in [0.25, 0.3) is 0 Å². The summed E-state index contributed by atoms with van der Waals surface area (Å²) in [6.07, 6.45) is 1.79. The summed E-state index contributed by atoms with van der Waals surface area (Å²) in [4.78, 5) is 12.2. The predicted molar refractivity (Wildman–Crippen MR) is 83.3 cm³/mol. The van der Waals surface area contributed by atoms with E-state index in [1.165, 1.54) is 11.1 Å². The maximum atomic E-state index is 12.2. The third kappa shape index (κ3) is 3.09. The van der Waals surface area contributed by atoms with Crippen LogP contribution in [0.4, 0.5) is 0 Å². The molecule has 0 saturated carbocycles. The molecule has 6 heteroatoms. The summed E-state index contributed by atoms with van der Waals surface area (Å²) in [6, 6.07) is 5.89. The van der Waals surface area contributed by atoms with Gasteiger partial charge in [0, 0.05) is 43.5 Å². The van der Waals surface area contributed by atoms with Crippen LogP contribution >= 0.6 is 12.4 Å². The van der Waals surface area contributed by atoms with Gasteiger partial charge in [-0.1, -0.05) is 6.07 Å². The summed E-state index contributed by atoms with van der Waals surface area (Å²) >= 11 is 0.